The Morgan fingerprint density at radius 2 is 2.00 bits per heavy atom. The molecule has 0 radical (unpaired) electrons. The summed E-state index contributed by atoms with van der Waals surface area (Å²) in [5, 5.41) is 5.73. The fourth-order valence-corrected chi connectivity index (χ4v) is 2.67. The monoisotopic (exact) mass is 272 g/mol. The topological polar surface area (TPSA) is 43.4 Å². The molecule has 3 rings (SSSR count). The maximum Gasteiger partial charge on any atom is 0.231 e. The molecular weight excluding hydrogens is 252 g/mol. The van der Waals surface area contributed by atoms with E-state index in [2.05, 4.69) is 31.1 Å². The summed E-state index contributed by atoms with van der Waals surface area (Å²) in [6.07, 6.45) is 4.06. The predicted molar refractivity (Wildman–Crippen MR) is 80.5 cm³/mol. The van der Waals surface area contributed by atoms with E-state index in [-0.39, 0.29) is 5.54 Å². The second-order valence-electron chi connectivity index (χ2n) is 5.85. The van der Waals surface area contributed by atoms with Crippen LogP contribution in [0, 0.1) is 0 Å². The molecule has 1 aromatic carbocycles. The van der Waals surface area contributed by atoms with Crippen molar-refractivity contribution < 1.29 is 9.47 Å². The van der Waals surface area contributed by atoms with Crippen LogP contribution >= 0.6 is 0 Å². The van der Waals surface area contributed by atoms with Crippen LogP contribution in [-0.4, -0.2) is 17.3 Å². The number of fused-ring (bicyclic) bond motifs is 2. The molecule has 0 saturated carbocycles. The van der Waals surface area contributed by atoms with Crippen molar-refractivity contribution in [1.29, 1.82) is 0 Å². The van der Waals surface area contributed by atoms with Gasteiger partial charge >= 0.3 is 0 Å². The average Bonchev–Trinajstić information content (AvgIpc) is 2.83. The van der Waals surface area contributed by atoms with Crippen LogP contribution in [0.5, 0.6) is 11.5 Å². The fourth-order valence-electron chi connectivity index (χ4n) is 2.67. The summed E-state index contributed by atoms with van der Waals surface area (Å²) in [6.45, 7) is 6.88. The van der Waals surface area contributed by atoms with Gasteiger partial charge in [-0.3, -0.25) is 0 Å². The molecular formula is C16H20N2O2. The van der Waals surface area contributed by atoms with Gasteiger partial charge in [0.15, 0.2) is 11.5 Å². The van der Waals surface area contributed by atoms with Gasteiger partial charge in [0, 0.05) is 17.1 Å². The molecule has 20 heavy (non-hydrogen) atoms. The number of hydrogen-bond donors (Lipinski definition) is 1. The molecule has 1 N–H and O–H groups in total. The van der Waals surface area contributed by atoms with Crippen LogP contribution in [-0.2, 0) is 0 Å². The van der Waals surface area contributed by atoms with Crippen LogP contribution in [0.15, 0.2) is 24.4 Å². The summed E-state index contributed by atoms with van der Waals surface area (Å²) in [5.41, 5.74) is 0.0202. The van der Waals surface area contributed by atoms with E-state index in [4.69, 9.17) is 9.47 Å². The van der Waals surface area contributed by atoms with Crippen LogP contribution in [0.4, 0.5) is 5.82 Å². The highest BCUT2D eigenvalue weighted by molar-refractivity contribution is 5.94. The standard InChI is InChI=1S/C16H20N2O2/c1-4-6-16(2,3)18-15-12-9-14-13(19-10-20-14)8-11(12)5-7-17-15/h5,7-9H,4,6,10H2,1-3H3,(H,17,18). The zero-order chi connectivity index (χ0) is 14.2. The molecule has 0 amide bonds. The highest BCUT2D eigenvalue weighted by atomic mass is 16.7. The summed E-state index contributed by atoms with van der Waals surface area (Å²) < 4.78 is 10.9. The minimum absolute atomic E-state index is 0.0202. The van der Waals surface area contributed by atoms with E-state index >= 15 is 0 Å². The van der Waals surface area contributed by atoms with Gasteiger partial charge in [-0.25, -0.2) is 4.98 Å². The third-order valence-corrected chi connectivity index (χ3v) is 3.59. The first kappa shape index (κ1) is 13.0. The maximum atomic E-state index is 5.46. The molecule has 4 nitrogen and oxygen atoms in total. The zero-order valence-electron chi connectivity index (χ0n) is 12.2. The van der Waals surface area contributed by atoms with Gasteiger partial charge in [-0.05, 0) is 43.9 Å². The Morgan fingerprint density at radius 3 is 2.75 bits per heavy atom. The third-order valence-electron chi connectivity index (χ3n) is 3.59. The van der Waals surface area contributed by atoms with Crippen LogP contribution in [0.1, 0.15) is 33.6 Å². The van der Waals surface area contributed by atoms with Crippen molar-refractivity contribution in [3.05, 3.63) is 24.4 Å². The molecule has 2 aromatic rings. The Bertz CT molecular complexity index is 638. The summed E-state index contributed by atoms with van der Waals surface area (Å²) in [7, 11) is 0. The average molecular weight is 272 g/mol. The van der Waals surface area contributed by atoms with E-state index in [0.29, 0.717) is 6.79 Å². The Hall–Kier alpha value is -1.97. The molecule has 0 fully saturated rings. The number of aromatic nitrogens is 1. The second kappa shape index (κ2) is 4.85. The molecule has 0 aliphatic carbocycles. The number of hydrogen-bond acceptors (Lipinski definition) is 4. The fraction of sp³-hybridized carbons (Fsp3) is 0.438. The van der Waals surface area contributed by atoms with Crippen LogP contribution in [0.3, 0.4) is 0 Å². The van der Waals surface area contributed by atoms with Gasteiger partial charge in [-0.1, -0.05) is 13.3 Å². The lowest BCUT2D eigenvalue weighted by Gasteiger charge is -2.27. The van der Waals surface area contributed by atoms with E-state index in [9.17, 15) is 0 Å². The molecule has 2 heterocycles. The second-order valence-corrected chi connectivity index (χ2v) is 5.85. The first-order chi connectivity index (χ1) is 9.59. The van der Waals surface area contributed by atoms with Gasteiger partial charge in [0.2, 0.25) is 6.79 Å². The van der Waals surface area contributed by atoms with Crippen LogP contribution < -0.4 is 14.8 Å². The van der Waals surface area contributed by atoms with E-state index in [0.717, 1.165) is 40.9 Å². The van der Waals surface area contributed by atoms with E-state index < -0.39 is 0 Å². The summed E-state index contributed by atoms with van der Waals surface area (Å²) in [6, 6.07) is 6.02. The lowest BCUT2D eigenvalue weighted by Crippen LogP contribution is -2.31. The van der Waals surface area contributed by atoms with Crippen molar-refractivity contribution in [3.63, 3.8) is 0 Å². The van der Waals surface area contributed by atoms with Gasteiger partial charge in [0.25, 0.3) is 0 Å². The van der Waals surface area contributed by atoms with Crippen molar-refractivity contribution in [2.45, 2.75) is 39.2 Å². The molecule has 1 aliphatic rings. The summed E-state index contributed by atoms with van der Waals surface area (Å²) in [4.78, 5) is 4.49. The number of pyridine rings is 1. The van der Waals surface area contributed by atoms with Crippen molar-refractivity contribution in [1.82, 2.24) is 4.98 Å². The lowest BCUT2D eigenvalue weighted by molar-refractivity contribution is 0.174. The minimum atomic E-state index is 0.0202. The van der Waals surface area contributed by atoms with Crippen LogP contribution in [0.25, 0.3) is 10.8 Å². The van der Waals surface area contributed by atoms with Crippen molar-refractivity contribution in [3.8, 4) is 11.5 Å². The molecule has 0 atom stereocenters. The first-order valence-corrected chi connectivity index (χ1v) is 7.05. The normalized spacial score (nSPS) is 13.8. The van der Waals surface area contributed by atoms with Crippen molar-refractivity contribution in [2.75, 3.05) is 12.1 Å². The number of rotatable bonds is 4. The van der Waals surface area contributed by atoms with E-state index in [1.165, 1.54) is 0 Å². The number of nitrogens with one attached hydrogen (secondary N) is 1. The van der Waals surface area contributed by atoms with Gasteiger partial charge in [0.1, 0.15) is 5.82 Å². The quantitative estimate of drug-likeness (QED) is 0.915. The van der Waals surface area contributed by atoms with Gasteiger partial charge in [-0.15, -0.1) is 0 Å². The Labute approximate surface area is 119 Å². The number of ether oxygens (including phenoxy) is 2. The minimum Gasteiger partial charge on any atom is -0.454 e. The molecule has 106 valence electrons. The highest BCUT2D eigenvalue weighted by Gasteiger charge is 2.20. The number of nitrogens with zero attached hydrogens (tertiary/aromatic N) is 1. The van der Waals surface area contributed by atoms with Gasteiger partial charge < -0.3 is 14.8 Å². The molecule has 0 spiro atoms. The van der Waals surface area contributed by atoms with Crippen molar-refractivity contribution >= 4 is 16.6 Å². The van der Waals surface area contributed by atoms with Crippen molar-refractivity contribution in [2.24, 2.45) is 0 Å². The highest BCUT2D eigenvalue weighted by Crippen LogP contribution is 2.38. The maximum absolute atomic E-state index is 5.46. The van der Waals surface area contributed by atoms with Crippen LogP contribution in [0.2, 0.25) is 0 Å². The zero-order valence-corrected chi connectivity index (χ0v) is 12.2. The number of anilines is 1. The Balaban J connectivity index is 2.03. The Morgan fingerprint density at radius 1 is 1.25 bits per heavy atom. The molecule has 1 aromatic heterocycles. The molecule has 0 bridgehead atoms. The first-order valence-electron chi connectivity index (χ1n) is 7.05. The van der Waals surface area contributed by atoms with E-state index in [1.54, 1.807) is 0 Å². The smallest absolute Gasteiger partial charge is 0.231 e. The Kier molecular flexibility index (Phi) is 3.16. The third kappa shape index (κ3) is 2.38. The lowest BCUT2D eigenvalue weighted by atomic mass is 9.98. The molecule has 4 heteroatoms. The summed E-state index contributed by atoms with van der Waals surface area (Å²) in [5.74, 6) is 2.50. The number of benzene rings is 1. The van der Waals surface area contributed by atoms with Gasteiger partial charge in [0.05, 0.1) is 0 Å². The SMILES string of the molecule is CCCC(C)(C)Nc1nccc2cc3c(cc12)OCO3. The molecule has 0 saturated heterocycles. The van der Waals surface area contributed by atoms with E-state index in [1.807, 2.05) is 24.4 Å². The molecule has 0 unspecified atom stereocenters. The largest absolute Gasteiger partial charge is 0.454 e. The molecule has 1 aliphatic heterocycles. The van der Waals surface area contributed by atoms with Gasteiger partial charge in [-0.2, -0.15) is 0 Å². The predicted octanol–water partition coefficient (Wildman–Crippen LogP) is 3.95. The summed E-state index contributed by atoms with van der Waals surface area (Å²) >= 11 is 0.